The van der Waals surface area contributed by atoms with E-state index in [9.17, 15) is 8.42 Å². The fourth-order valence-electron chi connectivity index (χ4n) is 1.45. The van der Waals surface area contributed by atoms with Gasteiger partial charge in [-0.2, -0.15) is 0 Å². The van der Waals surface area contributed by atoms with Crippen LogP contribution in [0.1, 0.15) is 5.56 Å². The van der Waals surface area contributed by atoms with Crippen molar-refractivity contribution in [2.75, 3.05) is 26.9 Å². The maximum absolute atomic E-state index is 11.5. The van der Waals surface area contributed by atoms with E-state index in [1.807, 2.05) is 0 Å². The summed E-state index contributed by atoms with van der Waals surface area (Å²) in [5.41, 5.74) is 6.23. The van der Waals surface area contributed by atoms with Crippen LogP contribution in [0.4, 0.5) is 0 Å². The SMILES string of the molecule is COCCOc1ccc(CCN)cc1S(N)(=O)=O. The first-order chi connectivity index (χ1) is 8.49. The summed E-state index contributed by atoms with van der Waals surface area (Å²) in [6.07, 6.45) is 0.584. The molecule has 0 aliphatic carbocycles. The largest absolute Gasteiger partial charge is 0.490 e. The molecule has 0 bridgehead atoms. The van der Waals surface area contributed by atoms with Gasteiger partial charge in [0.1, 0.15) is 17.3 Å². The normalized spacial score (nSPS) is 11.5. The lowest BCUT2D eigenvalue weighted by Gasteiger charge is -2.11. The predicted molar refractivity (Wildman–Crippen MR) is 67.9 cm³/mol. The Morgan fingerprint density at radius 3 is 2.56 bits per heavy atom. The second-order valence-electron chi connectivity index (χ2n) is 3.71. The second kappa shape index (κ2) is 6.69. The maximum Gasteiger partial charge on any atom is 0.241 e. The fourth-order valence-corrected chi connectivity index (χ4v) is 2.17. The highest BCUT2D eigenvalue weighted by Crippen LogP contribution is 2.24. The number of methoxy groups -OCH3 is 1. The predicted octanol–water partition coefficient (Wildman–Crippen LogP) is -0.140. The van der Waals surface area contributed by atoms with Crippen molar-refractivity contribution >= 4 is 10.0 Å². The molecule has 1 aromatic rings. The number of benzene rings is 1. The number of rotatable bonds is 7. The Kier molecular flexibility index (Phi) is 5.54. The lowest BCUT2D eigenvalue weighted by Crippen LogP contribution is -2.16. The van der Waals surface area contributed by atoms with Crippen molar-refractivity contribution in [2.24, 2.45) is 10.9 Å². The number of primary sulfonamides is 1. The molecule has 0 aliphatic heterocycles. The Balaban J connectivity index is 3.02. The summed E-state index contributed by atoms with van der Waals surface area (Å²) in [6, 6.07) is 4.84. The summed E-state index contributed by atoms with van der Waals surface area (Å²) >= 11 is 0. The van der Waals surface area contributed by atoms with E-state index in [4.69, 9.17) is 20.3 Å². The van der Waals surface area contributed by atoms with Crippen molar-refractivity contribution in [3.63, 3.8) is 0 Å². The first-order valence-corrected chi connectivity index (χ1v) is 7.01. The van der Waals surface area contributed by atoms with Crippen LogP contribution in [-0.2, 0) is 21.2 Å². The Hall–Kier alpha value is -1.15. The van der Waals surface area contributed by atoms with Crippen molar-refractivity contribution in [3.8, 4) is 5.75 Å². The van der Waals surface area contributed by atoms with E-state index in [2.05, 4.69) is 0 Å². The van der Waals surface area contributed by atoms with Gasteiger partial charge in [-0.3, -0.25) is 0 Å². The van der Waals surface area contributed by atoms with Crippen LogP contribution in [0.25, 0.3) is 0 Å². The van der Waals surface area contributed by atoms with Gasteiger partial charge < -0.3 is 15.2 Å². The van der Waals surface area contributed by atoms with Crippen LogP contribution in [0.15, 0.2) is 23.1 Å². The molecular weight excluding hydrogens is 256 g/mol. The highest BCUT2D eigenvalue weighted by molar-refractivity contribution is 7.89. The highest BCUT2D eigenvalue weighted by Gasteiger charge is 2.16. The van der Waals surface area contributed by atoms with E-state index in [1.165, 1.54) is 13.2 Å². The minimum Gasteiger partial charge on any atom is -0.490 e. The summed E-state index contributed by atoms with van der Waals surface area (Å²) in [5, 5.41) is 5.16. The van der Waals surface area contributed by atoms with E-state index in [-0.39, 0.29) is 17.3 Å². The molecule has 0 spiro atoms. The van der Waals surface area contributed by atoms with Gasteiger partial charge in [-0.15, -0.1) is 0 Å². The molecule has 1 aromatic carbocycles. The van der Waals surface area contributed by atoms with Crippen molar-refractivity contribution in [1.82, 2.24) is 0 Å². The molecule has 0 atom stereocenters. The Bertz CT molecular complexity index is 488. The number of hydrogen-bond acceptors (Lipinski definition) is 5. The Morgan fingerprint density at radius 2 is 2.00 bits per heavy atom. The summed E-state index contributed by atoms with van der Waals surface area (Å²) in [6.45, 7) is 1.07. The van der Waals surface area contributed by atoms with E-state index in [1.54, 1.807) is 12.1 Å². The minimum atomic E-state index is -3.82. The van der Waals surface area contributed by atoms with Gasteiger partial charge in [0, 0.05) is 7.11 Å². The van der Waals surface area contributed by atoms with E-state index in [0.717, 1.165) is 5.56 Å². The molecule has 0 radical (unpaired) electrons. The quantitative estimate of drug-likeness (QED) is 0.673. The number of nitrogens with two attached hydrogens (primary N) is 2. The van der Waals surface area contributed by atoms with Crippen molar-refractivity contribution in [3.05, 3.63) is 23.8 Å². The van der Waals surface area contributed by atoms with Crippen molar-refractivity contribution < 1.29 is 17.9 Å². The molecule has 7 heteroatoms. The fraction of sp³-hybridized carbons (Fsp3) is 0.455. The molecule has 0 unspecified atom stereocenters. The standard InChI is InChI=1S/C11H18N2O4S/c1-16-6-7-17-10-3-2-9(4-5-12)8-11(10)18(13,14)15/h2-3,8H,4-7,12H2,1H3,(H2,13,14,15). The van der Waals surface area contributed by atoms with Gasteiger partial charge in [0.25, 0.3) is 0 Å². The summed E-state index contributed by atoms with van der Waals surface area (Å²) in [5.74, 6) is 0.232. The molecule has 0 fully saturated rings. The third kappa shape index (κ3) is 4.26. The maximum atomic E-state index is 11.5. The van der Waals surface area contributed by atoms with Crippen LogP contribution in [0.5, 0.6) is 5.75 Å². The third-order valence-electron chi connectivity index (χ3n) is 2.29. The van der Waals surface area contributed by atoms with Crippen LogP contribution in [-0.4, -0.2) is 35.3 Å². The molecule has 0 saturated carbocycles. The smallest absolute Gasteiger partial charge is 0.241 e. The van der Waals surface area contributed by atoms with Gasteiger partial charge in [-0.1, -0.05) is 6.07 Å². The molecule has 18 heavy (non-hydrogen) atoms. The number of sulfonamides is 1. The zero-order valence-electron chi connectivity index (χ0n) is 10.3. The summed E-state index contributed by atoms with van der Waals surface area (Å²) < 4.78 is 33.1. The first kappa shape index (κ1) is 14.9. The lowest BCUT2D eigenvalue weighted by atomic mass is 10.1. The van der Waals surface area contributed by atoms with E-state index in [0.29, 0.717) is 19.6 Å². The molecule has 102 valence electrons. The molecule has 0 aromatic heterocycles. The van der Waals surface area contributed by atoms with Gasteiger partial charge in [0.2, 0.25) is 10.0 Å². The molecule has 0 aliphatic rings. The summed E-state index contributed by atoms with van der Waals surface area (Å²) in [7, 11) is -2.28. The van der Waals surface area contributed by atoms with Crippen molar-refractivity contribution in [2.45, 2.75) is 11.3 Å². The molecule has 6 nitrogen and oxygen atoms in total. The average molecular weight is 274 g/mol. The number of ether oxygens (including phenoxy) is 2. The van der Waals surface area contributed by atoms with Crippen LogP contribution in [0.3, 0.4) is 0 Å². The van der Waals surface area contributed by atoms with Gasteiger partial charge in [-0.25, -0.2) is 13.6 Å². The molecule has 1 rings (SSSR count). The zero-order chi connectivity index (χ0) is 13.6. The van der Waals surface area contributed by atoms with Crippen LogP contribution in [0, 0.1) is 0 Å². The minimum absolute atomic E-state index is 0.0236. The van der Waals surface area contributed by atoms with Gasteiger partial charge in [0.05, 0.1) is 6.61 Å². The molecule has 0 amide bonds. The van der Waals surface area contributed by atoms with Gasteiger partial charge >= 0.3 is 0 Å². The van der Waals surface area contributed by atoms with Crippen LogP contribution >= 0.6 is 0 Å². The topological polar surface area (TPSA) is 105 Å². The zero-order valence-corrected chi connectivity index (χ0v) is 11.1. The monoisotopic (exact) mass is 274 g/mol. The number of hydrogen-bond donors (Lipinski definition) is 2. The Labute approximate surface area is 107 Å². The van der Waals surface area contributed by atoms with Gasteiger partial charge in [0.15, 0.2) is 0 Å². The highest BCUT2D eigenvalue weighted by atomic mass is 32.2. The molecular formula is C11H18N2O4S. The van der Waals surface area contributed by atoms with E-state index < -0.39 is 10.0 Å². The Morgan fingerprint density at radius 1 is 1.28 bits per heavy atom. The summed E-state index contributed by atoms with van der Waals surface area (Å²) in [4.78, 5) is -0.0236. The second-order valence-corrected chi connectivity index (χ2v) is 5.24. The van der Waals surface area contributed by atoms with Crippen LogP contribution in [0.2, 0.25) is 0 Å². The lowest BCUT2D eigenvalue weighted by molar-refractivity contribution is 0.144. The first-order valence-electron chi connectivity index (χ1n) is 5.46. The van der Waals surface area contributed by atoms with E-state index >= 15 is 0 Å². The molecule has 4 N–H and O–H groups in total. The molecule has 0 saturated heterocycles. The third-order valence-corrected chi connectivity index (χ3v) is 3.22. The van der Waals surface area contributed by atoms with Crippen molar-refractivity contribution in [1.29, 1.82) is 0 Å². The average Bonchev–Trinajstić information content (AvgIpc) is 2.30. The van der Waals surface area contributed by atoms with Crippen LogP contribution < -0.4 is 15.6 Å². The molecule has 0 heterocycles. The van der Waals surface area contributed by atoms with Gasteiger partial charge in [-0.05, 0) is 30.7 Å².